The molecule has 1 atom stereocenters. The van der Waals surface area contributed by atoms with Crippen LogP contribution in [0.2, 0.25) is 5.02 Å². The van der Waals surface area contributed by atoms with Crippen molar-refractivity contribution in [2.45, 2.75) is 6.23 Å². The molecule has 2 N–H and O–H groups in total. The van der Waals surface area contributed by atoms with Crippen LogP contribution in [0.5, 0.6) is 0 Å². The number of methoxy groups -OCH3 is 1. The normalized spacial score (nSPS) is 13.0. The number of ether oxygens (including phenoxy) is 1. The van der Waals surface area contributed by atoms with E-state index in [1.54, 1.807) is 0 Å². The maximum absolute atomic E-state index is 12.7. The van der Waals surface area contributed by atoms with Crippen molar-refractivity contribution in [3.63, 3.8) is 0 Å². The summed E-state index contributed by atoms with van der Waals surface area (Å²) in [6.45, 7) is 0. The molecule has 0 aromatic heterocycles. The molecule has 0 radical (unpaired) electrons. The Hall–Kier alpha value is -0.640. The van der Waals surface area contributed by atoms with Gasteiger partial charge in [0.05, 0.1) is 5.02 Å². The summed E-state index contributed by atoms with van der Waals surface area (Å²) in [6.07, 6.45) is -0.553. The summed E-state index contributed by atoms with van der Waals surface area (Å²) >= 11 is 5.53. The van der Waals surface area contributed by atoms with Crippen LogP contribution < -0.4 is 5.73 Å². The second-order valence-corrected chi connectivity index (χ2v) is 2.74. The van der Waals surface area contributed by atoms with Gasteiger partial charge in [-0.2, -0.15) is 0 Å². The number of halogens is 2. The summed E-state index contributed by atoms with van der Waals surface area (Å²) < 4.78 is 17.5. The van der Waals surface area contributed by atoms with E-state index in [-0.39, 0.29) is 5.02 Å². The number of nitrogens with two attached hydrogens (primary N) is 1. The van der Waals surface area contributed by atoms with Crippen LogP contribution in [0.25, 0.3) is 0 Å². The Morgan fingerprint density at radius 1 is 1.58 bits per heavy atom. The van der Waals surface area contributed by atoms with Gasteiger partial charge in [0.15, 0.2) is 0 Å². The molecule has 0 heterocycles. The third kappa shape index (κ3) is 1.94. The maximum Gasteiger partial charge on any atom is 0.141 e. The van der Waals surface area contributed by atoms with Crippen LogP contribution in [-0.4, -0.2) is 7.11 Å². The molecule has 0 spiro atoms. The molecule has 1 aromatic carbocycles. The quantitative estimate of drug-likeness (QED) is 0.723. The van der Waals surface area contributed by atoms with Gasteiger partial charge in [0, 0.05) is 7.11 Å². The average Bonchev–Trinajstić information content (AvgIpc) is 2.08. The minimum atomic E-state index is -0.553. The lowest BCUT2D eigenvalue weighted by Gasteiger charge is -2.09. The molecule has 1 aromatic rings. The van der Waals surface area contributed by atoms with E-state index in [1.165, 1.54) is 25.3 Å². The van der Waals surface area contributed by atoms with Crippen LogP contribution in [0.1, 0.15) is 11.8 Å². The van der Waals surface area contributed by atoms with E-state index in [4.69, 9.17) is 22.1 Å². The minimum absolute atomic E-state index is 0.0556. The molecule has 2 nitrogen and oxygen atoms in total. The zero-order valence-corrected chi connectivity index (χ0v) is 7.31. The number of hydrogen-bond donors (Lipinski definition) is 1. The summed E-state index contributed by atoms with van der Waals surface area (Å²) in [5.41, 5.74) is 6.17. The third-order valence-electron chi connectivity index (χ3n) is 1.53. The van der Waals surface area contributed by atoms with E-state index >= 15 is 0 Å². The maximum atomic E-state index is 12.7. The van der Waals surface area contributed by atoms with Gasteiger partial charge < -0.3 is 10.5 Å². The van der Waals surface area contributed by atoms with Crippen molar-refractivity contribution >= 4 is 11.6 Å². The van der Waals surface area contributed by atoms with Crippen LogP contribution in [0.3, 0.4) is 0 Å². The van der Waals surface area contributed by atoms with Crippen molar-refractivity contribution in [1.82, 2.24) is 0 Å². The highest BCUT2D eigenvalue weighted by Crippen LogP contribution is 2.19. The first-order valence-corrected chi connectivity index (χ1v) is 3.76. The Morgan fingerprint density at radius 2 is 2.25 bits per heavy atom. The molecule has 1 unspecified atom stereocenters. The van der Waals surface area contributed by atoms with Gasteiger partial charge in [0.2, 0.25) is 0 Å². The van der Waals surface area contributed by atoms with E-state index in [9.17, 15) is 4.39 Å². The van der Waals surface area contributed by atoms with Crippen molar-refractivity contribution < 1.29 is 9.13 Å². The SMILES string of the molecule is COC(N)c1ccc(F)c(Cl)c1. The van der Waals surface area contributed by atoms with Crippen molar-refractivity contribution in [2.24, 2.45) is 5.73 Å². The van der Waals surface area contributed by atoms with Crippen molar-refractivity contribution in [2.75, 3.05) is 7.11 Å². The lowest BCUT2D eigenvalue weighted by atomic mass is 10.2. The first-order chi connectivity index (χ1) is 5.65. The summed E-state index contributed by atoms with van der Waals surface area (Å²) in [7, 11) is 1.47. The van der Waals surface area contributed by atoms with Gasteiger partial charge in [-0.15, -0.1) is 0 Å². The Morgan fingerprint density at radius 3 is 2.75 bits per heavy atom. The highest BCUT2D eigenvalue weighted by molar-refractivity contribution is 6.30. The van der Waals surface area contributed by atoms with E-state index in [0.29, 0.717) is 5.56 Å². The van der Waals surface area contributed by atoms with Gasteiger partial charge in [-0.25, -0.2) is 4.39 Å². The monoisotopic (exact) mass is 189 g/mol. The molecule has 0 amide bonds. The standard InChI is InChI=1S/C8H9ClFNO/c1-12-8(11)5-2-3-7(10)6(9)4-5/h2-4,8H,11H2,1H3. The van der Waals surface area contributed by atoms with Gasteiger partial charge in [-0.05, 0) is 17.7 Å². The van der Waals surface area contributed by atoms with Crippen LogP contribution in [0.4, 0.5) is 4.39 Å². The smallest absolute Gasteiger partial charge is 0.141 e. The van der Waals surface area contributed by atoms with Crippen LogP contribution in [-0.2, 0) is 4.74 Å². The molecule has 0 bridgehead atoms. The fraction of sp³-hybridized carbons (Fsp3) is 0.250. The van der Waals surface area contributed by atoms with Crippen LogP contribution in [0.15, 0.2) is 18.2 Å². The molecular formula is C8H9ClFNO. The van der Waals surface area contributed by atoms with Crippen LogP contribution >= 0.6 is 11.6 Å². The summed E-state index contributed by atoms with van der Waals surface area (Å²) in [6, 6.07) is 4.25. The molecule has 0 fully saturated rings. The number of hydrogen-bond acceptors (Lipinski definition) is 2. The van der Waals surface area contributed by atoms with Gasteiger partial charge in [-0.1, -0.05) is 17.7 Å². The van der Waals surface area contributed by atoms with Gasteiger partial charge in [0.25, 0.3) is 0 Å². The van der Waals surface area contributed by atoms with Crippen molar-refractivity contribution in [3.05, 3.63) is 34.6 Å². The van der Waals surface area contributed by atoms with Crippen LogP contribution in [0, 0.1) is 5.82 Å². The fourth-order valence-corrected chi connectivity index (χ4v) is 1.01. The van der Waals surface area contributed by atoms with E-state index < -0.39 is 12.0 Å². The van der Waals surface area contributed by atoms with E-state index in [2.05, 4.69) is 0 Å². The molecule has 66 valence electrons. The largest absolute Gasteiger partial charge is 0.363 e. The Bertz CT molecular complexity index is 280. The Kier molecular flexibility index (Phi) is 3.03. The topological polar surface area (TPSA) is 35.2 Å². The average molecular weight is 190 g/mol. The molecule has 1 rings (SSSR count). The lowest BCUT2D eigenvalue weighted by molar-refractivity contribution is 0.109. The van der Waals surface area contributed by atoms with E-state index in [0.717, 1.165) is 0 Å². The zero-order valence-electron chi connectivity index (χ0n) is 6.55. The molecule has 0 saturated heterocycles. The minimum Gasteiger partial charge on any atom is -0.363 e. The van der Waals surface area contributed by atoms with Crippen molar-refractivity contribution in [3.8, 4) is 0 Å². The third-order valence-corrected chi connectivity index (χ3v) is 1.82. The molecule has 4 heteroatoms. The highest BCUT2D eigenvalue weighted by atomic mass is 35.5. The predicted molar refractivity (Wildman–Crippen MR) is 45.3 cm³/mol. The Balaban J connectivity index is 2.96. The molecule has 0 aliphatic rings. The molecule has 0 aliphatic heterocycles. The molecule has 12 heavy (non-hydrogen) atoms. The molecule has 0 aliphatic carbocycles. The zero-order chi connectivity index (χ0) is 9.14. The van der Waals surface area contributed by atoms with Gasteiger partial charge in [0.1, 0.15) is 12.0 Å². The molecular weight excluding hydrogens is 181 g/mol. The Labute approximate surface area is 75.1 Å². The second kappa shape index (κ2) is 3.85. The van der Waals surface area contributed by atoms with E-state index in [1.807, 2.05) is 0 Å². The predicted octanol–water partition coefficient (Wildman–Crippen LogP) is 2.08. The fourth-order valence-electron chi connectivity index (χ4n) is 0.825. The summed E-state index contributed by atoms with van der Waals surface area (Å²) in [5.74, 6) is -0.455. The highest BCUT2D eigenvalue weighted by Gasteiger charge is 2.06. The first kappa shape index (κ1) is 9.45. The van der Waals surface area contributed by atoms with Gasteiger partial charge >= 0.3 is 0 Å². The van der Waals surface area contributed by atoms with Gasteiger partial charge in [-0.3, -0.25) is 0 Å². The first-order valence-electron chi connectivity index (χ1n) is 3.38. The second-order valence-electron chi connectivity index (χ2n) is 2.33. The summed E-state index contributed by atoms with van der Waals surface area (Å²) in [4.78, 5) is 0. The number of rotatable bonds is 2. The summed E-state index contributed by atoms with van der Waals surface area (Å²) in [5, 5.41) is 0.0556. The lowest BCUT2D eigenvalue weighted by Crippen LogP contribution is -2.11. The molecule has 0 saturated carbocycles. The van der Waals surface area contributed by atoms with Crippen molar-refractivity contribution in [1.29, 1.82) is 0 Å². The number of benzene rings is 1.